The molecule has 4 heterocycles. The maximum Gasteiger partial charge on any atom is 0.285 e. The second kappa shape index (κ2) is 7.44. The van der Waals surface area contributed by atoms with Crippen molar-refractivity contribution in [2.45, 2.75) is 57.2 Å². The molecule has 6 nitrogen and oxygen atoms in total. The van der Waals surface area contributed by atoms with Crippen LogP contribution in [0.5, 0.6) is 0 Å². The summed E-state index contributed by atoms with van der Waals surface area (Å²) >= 11 is 1.79. The molecular weight excluding hydrogens is 372 g/mol. The Hall–Kier alpha value is -1.99. The van der Waals surface area contributed by atoms with Crippen molar-refractivity contribution >= 4 is 17.2 Å². The lowest BCUT2D eigenvalue weighted by molar-refractivity contribution is 0.0925. The molecule has 5 rings (SSSR count). The SMILES string of the molecule is O=C(NC1CCCCC1)c1cn2c(nc1=O)[C@H]1CN(Cc3cccs3)C[C@H]1C2. The molecule has 0 bridgehead atoms. The van der Waals surface area contributed by atoms with Crippen LogP contribution < -0.4 is 10.9 Å². The van der Waals surface area contributed by atoms with E-state index in [0.29, 0.717) is 11.8 Å². The standard InChI is InChI=1S/C21H26N4O2S/c26-20(22-15-5-2-1-3-6-15)18-13-25-10-14-9-24(11-16-7-4-8-28-16)12-17(14)19(25)23-21(18)27/h4,7-8,13-15,17H,1-3,5-6,9-12H2,(H,22,26)/t14-,17-/m0/s1. The van der Waals surface area contributed by atoms with Crippen LogP contribution in [0.3, 0.4) is 0 Å². The van der Waals surface area contributed by atoms with E-state index in [9.17, 15) is 9.59 Å². The van der Waals surface area contributed by atoms with Crippen LogP contribution in [0.4, 0.5) is 0 Å². The fourth-order valence-corrected chi connectivity index (χ4v) is 5.80. The second-order valence-corrected chi connectivity index (χ2v) is 9.45. The van der Waals surface area contributed by atoms with Crippen LogP contribution in [0, 0.1) is 5.92 Å². The maximum atomic E-state index is 12.6. The highest BCUT2D eigenvalue weighted by atomic mass is 32.1. The van der Waals surface area contributed by atoms with Gasteiger partial charge in [-0.3, -0.25) is 14.5 Å². The van der Waals surface area contributed by atoms with E-state index in [0.717, 1.165) is 57.7 Å². The lowest BCUT2D eigenvalue weighted by atomic mass is 9.95. The van der Waals surface area contributed by atoms with Gasteiger partial charge in [-0.25, -0.2) is 0 Å². The number of aromatic nitrogens is 2. The number of nitrogens with zero attached hydrogens (tertiary/aromatic N) is 3. The van der Waals surface area contributed by atoms with Gasteiger partial charge in [-0.05, 0) is 24.3 Å². The van der Waals surface area contributed by atoms with E-state index in [4.69, 9.17) is 0 Å². The smallest absolute Gasteiger partial charge is 0.285 e. The molecule has 3 aliphatic rings. The zero-order valence-corrected chi connectivity index (χ0v) is 16.8. The number of fused-ring (bicyclic) bond motifs is 3. The van der Waals surface area contributed by atoms with E-state index in [2.05, 4.69) is 37.3 Å². The molecule has 0 radical (unpaired) electrons. The first-order valence-corrected chi connectivity index (χ1v) is 11.2. The number of carbonyl (C=O) groups excluding carboxylic acids is 1. The third-order valence-corrected chi connectivity index (χ3v) is 7.31. The molecule has 2 aromatic heterocycles. The second-order valence-electron chi connectivity index (χ2n) is 8.42. The van der Waals surface area contributed by atoms with Crippen LogP contribution in [-0.4, -0.2) is 39.5 Å². The minimum Gasteiger partial charge on any atom is -0.349 e. The van der Waals surface area contributed by atoms with E-state index in [1.165, 1.54) is 11.3 Å². The molecule has 7 heteroatoms. The van der Waals surface area contributed by atoms with Crippen molar-refractivity contribution in [3.05, 3.63) is 50.3 Å². The number of carbonyl (C=O) groups is 1. The summed E-state index contributed by atoms with van der Waals surface area (Å²) in [6, 6.07) is 4.46. The fraction of sp³-hybridized carbons (Fsp3) is 0.571. The molecule has 1 N–H and O–H groups in total. The molecule has 1 saturated carbocycles. The number of hydrogen-bond donors (Lipinski definition) is 1. The Morgan fingerprint density at radius 3 is 2.86 bits per heavy atom. The Bertz CT molecular complexity index is 917. The van der Waals surface area contributed by atoms with Gasteiger partial charge in [-0.15, -0.1) is 11.3 Å². The number of nitrogens with one attached hydrogen (secondary N) is 1. The predicted octanol–water partition coefficient (Wildman–Crippen LogP) is 2.60. The monoisotopic (exact) mass is 398 g/mol. The summed E-state index contributed by atoms with van der Waals surface area (Å²) in [4.78, 5) is 33.4. The average molecular weight is 399 g/mol. The van der Waals surface area contributed by atoms with E-state index < -0.39 is 0 Å². The lowest BCUT2D eigenvalue weighted by Crippen LogP contribution is -2.39. The Labute approximate surface area is 168 Å². The molecule has 1 amide bonds. The molecule has 1 saturated heterocycles. The predicted molar refractivity (Wildman–Crippen MR) is 109 cm³/mol. The van der Waals surface area contributed by atoms with Gasteiger partial charge in [0.2, 0.25) is 0 Å². The molecule has 2 aromatic rings. The molecule has 148 valence electrons. The molecular formula is C21H26N4O2S. The highest BCUT2D eigenvalue weighted by Gasteiger charge is 2.41. The molecule has 1 aliphatic carbocycles. The third-order valence-electron chi connectivity index (χ3n) is 6.45. The summed E-state index contributed by atoms with van der Waals surface area (Å²) in [5.74, 6) is 1.38. The fourth-order valence-electron chi connectivity index (χ4n) is 5.06. The topological polar surface area (TPSA) is 67.2 Å². The first-order valence-electron chi connectivity index (χ1n) is 10.3. The van der Waals surface area contributed by atoms with Crippen molar-refractivity contribution in [1.29, 1.82) is 0 Å². The molecule has 0 spiro atoms. The summed E-state index contributed by atoms with van der Waals surface area (Å²) in [6.07, 6.45) is 7.31. The molecule has 0 aromatic carbocycles. The van der Waals surface area contributed by atoms with Crippen LogP contribution >= 0.6 is 11.3 Å². The highest BCUT2D eigenvalue weighted by molar-refractivity contribution is 7.09. The quantitative estimate of drug-likeness (QED) is 0.860. The van der Waals surface area contributed by atoms with Crippen molar-refractivity contribution in [3.63, 3.8) is 0 Å². The number of likely N-dealkylation sites (tertiary alicyclic amines) is 1. The third kappa shape index (κ3) is 3.42. The van der Waals surface area contributed by atoms with Crippen LogP contribution in [0.1, 0.15) is 59.1 Å². The van der Waals surface area contributed by atoms with Crippen LogP contribution in [0.15, 0.2) is 28.5 Å². The highest BCUT2D eigenvalue weighted by Crippen LogP contribution is 2.38. The van der Waals surface area contributed by atoms with E-state index >= 15 is 0 Å². The van der Waals surface area contributed by atoms with E-state index in [1.54, 1.807) is 17.5 Å². The Morgan fingerprint density at radius 1 is 1.21 bits per heavy atom. The molecule has 0 unspecified atom stereocenters. The summed E-state index contributed by atoms with van der Waals surface area (Å²) < 4.78 is 2.05. The largest absolute Gasteiger partial charge is 0.349 e. The van der Waals surface area contributed by atoms with Gasteiger partial charge >= 0.3 is 0 Å². The Balaban J connectivity index is 1.30. The van der Waals surface area contributed by atoms with Crippen LogP contribution in [0.25, 0.3) is 0 Å². The van der Waals surface area contributed by atoms with Gasteiger partial charge < -0.3 is 9.88 Å². The average Bonchev–Trinajstić information content (AvgIpc) is 3.39. The van der Waals surface area contributed by atoms with E-state index in [-0.39, 0.29) is 23.1 Å². The van der Waals surface area contributed by atoms with Gasteiger partial charge in [0.25, 0.3) is 11.5 Å². The molecule has 28 heavy (non-hydrogen) atoms. The Morgan fingerprint density at radius 2 is 2.07 bits per heavy atom. The zero-order chi connectivity index (χ0) is 19.1. The molecule has 2 atom stereocenters. The van der Waals surface area contributed by atoms with Gasteiger partial charge in [-0.1, -0.05) is 25.3 Å². The summed E-state index contributed by atoms with van der Waals surface area (Å²) in [7, 11) is 0. The molecule has 2 fully saturated rings. The Kier molecular flexibility index (Phi) is 4.80. The number of thiophene rings is 1. The van der Waals surface area contributed by atoms with Gasteiger partial charge in [-0.2, -0.15) is 4.98 Å². The number of rotatable bonds is 4. The van der Waals surface area contributed by atoms with Gasteiger partial charge in [0.05, 0.1) is 0 Å². The minimum atomic E-state index is -0.378. The normalized spacial score (nSPS) is 24.9. The first kappa shape index (κ1) is 18.1. The van der Waals surface area contributed by atoms with Crippen LogP contribution in [-0.2, 0) is 13.1 Å². The van der Waals surface area contributed by atoms with Gasteiger partial charge in [0.15, 0.2) is 0 Å². The van der Waals surface area contributed by atoms with Gasteiger partial charge in [0, 0.05) is 55.1 Å². The summed E-state index contributed by atoms with van der Waals surface area (Å²) in [5, 5.41) is 5.16. The van der Waals surface area contributed by atoms with Crippen molar-refractivity contribution in [1.82, 2.24) is 19.8 Å². The first-order chi connectivity index (χ1) is 13.7. The van der Waals surface area contributed by atoms with Crippen molar-refractivity contribution in [2.24, 2.45) is 5.92 Å². The van der Waals surface area contributed by atoms with Crippen LogP contribution in [0.2, 0.25) is 0 Å². The van der Waals surface area contributed by atoms with Crippen molar-refractivity contribution < 1.29 is 4.79 Å². The van der Waals surface area contributed by atoms with Crippen molar-refractivity contribution in [2.75, 3.05) is 13.1 Å². The number of amides is 1. The number of hydrogen-bond acceptors (Lipinski definition) is 5. The summed E-state index contributed by atoms with van der Waals surface area (Å²) in [5.41, 5.74) is -0.179. The maximum absolute atomic E-state index is 12.6. The van der Waals surface area contributed by atoms with Crippen molar-refractivity contribution in [3.8, 4) is 0 Å². The van der Waals surface area contributed by atoms with E-state index in [1.807, 2.05) is 0 Å². The van der Waals surface area contributed by atoms with Gasteiger partial charge in [0.1, 0.15) is 11.4 Å². The zero-order valence-electron chi connectivity index (χ0n) is 16.0. The lowest BCUT2D eigenvalue weighted by Gasteiger charge is -2.22. The molecule has 2 aliphatic heterocycles. The summed E-state index contributed by atoms with van der Waals surface area (Å²) in [6.45, 7) is 3.76. The minimum absolute atomic E-state index is 0.198.